The van der Waals surface area contributed by atoms with E-state index in [-0.39, 0.29) is 17.4 Å². The van der Waals surface area contributed by atoms with Crippen molar-refractivity contribution in [1.82, 2.24) is 5.32 Å². The summed E-state index contributed by atoms with van der Waals surface area (Å²) >= 11 is 0. The van der Waals surface area contributed by atoms with Crippen LogP contribution in [0.4, 0.5) is 10.1 Å². The molecule has 2 aromatic rings. The molecule has 0 radical (unpaired) electrons. The fourth-order valence-electron chi connectivity index (χ4n) is 1.96. The van der Waals surface area contributed by atoms with Gasteiger partial charge in [-0.2, -0.15) is 0 Å². The Balaban J connectivity index is 2.07. The molecule has 0 bridgehead atoms. The van der Waals surface area contributed by atoms with Gasteiger partial charge in [-0.1, -0.05) is 6.07 Å². The Hall–Kier alpha value is -2.69. The van der Waals surface area contributed by atoms with Gasteiger partial charge in [-0.15, -0.1) is 0 Å². The van der Waals surface area contributed by atoms with E-state index in [0.29, 0.717) is 16.8 Å². The van der Waals surface area contributed by atoms with E-state index in [1.54, 1.807) is 30.3 Å². The van der Waals surface area contributed by atoms with Crippen LogP contribution < -0.4 is 10.6 Å². The van der Waals surface area contributed by atoms with Crippen LogP contribution >= 0.6 is 0 Å². The van der Waals surface area contributed by atoms with Crippen LogP contribution in [-0.4, -0.2) is 17.4 Å². The fourth-order valence-corrected chi connectivity index (χ4v) is 1.96. The van der Waals surface area contributed by atoms with E-state index < -0.39 is 5.82 Å². The lowest BCUT2D eigenvalue weighted by Gasteiger charge is -2.20. The third-order valence-corrected chi connectivity index (χ3v) is 2.98. The number of halogens is 1. The molecule has 0 spiro atoms. The molecule has 120 valence electrons. The summed E-state index contributed by atoms with van der Waals surface area (Å²) in [6, 6.07) is 12.0. The summed E-state index contributed by atoms with van der Waals surface area (Å²) in [6.45, 7) is 5.68. The van der Waals surface area contributed by atoms with Crippen molar-refractivity contribution in [3.05, 3.63) is 65.5 Å². The summed E-state index contributed by atoms with van der Waals surface area (Å²) < 4.78 is 13.1. The summed E-state index contributed by atoms with van der Waals surface area (Å²) in [4.78, 5) is 24.1. The molecule has 5 heteroatoms. The SMILES string of the molecule is CC(C)(C)NC(=O)c1ccc(C(=O)Nc2cccc(F)c2)cc1. The third-order valence-electron chi connectivity index (χ3n) is 2.98. The molecule has 0 aliphatic heterocycles. The Morgan fingerprint density at radius 1 is 0.913 bits per heavy atom. The zero-order valence-corrected chi connectivity index (χ0v) is 13.3. The minimum atomic E-state index is -0.419. The Bertz CT molecular complexity index is 719. The molecule has 0 aromatic heterocycles. The lowest BCUT2D eigenvalue weighted by Crippen LogP contribution is -2.40. The highest BCUT2D eigenvalue weighted by atomic mass is 19.1. The Morgan fingerprint density at radius 3 is 2.00 bits per heavy atom. The third kappa shape index (κ3) is 4.92. The fraction of sp³-hybridized carbons (Fsp3) is 0.222. The molecule has 23 heavy (non-hydrogen) atoms. The molecule has 0 saturated carbocycles. The van der Waals surface area contributed by atoms with E-state index in [1.807, 2.05) is 20.8 Å². The number of benzene rings is 2. The van der Waals surface area contributed by atoms with Crippen LogP contribution in [0.5, 0.6) is 0 Å². The minimum Gasteiger partial charge on any atom is -0.347 e. The molecule has 0 saturated heterocycles. The number of amides is 2. The zero-order valence-electron chi connectivity index (χ0n) is 13.3. The molecular weight excluding hydrogens is 295 g/mol. The Labute approximate surface area is 134 Å². The molecule has 2 aromatic carbocycles. The van der Waals surface area contributed by atoms with Crippen LogP contribution in [0.3, 0.4) is 0 Å². The lowest BCUT2D eigenvalue weighted by atomic mass is 10.1. The van der Waals surface area contributed by atoms with Crippen LogP contribution in [-0.2, 0) is 0 Å². The first-order valence-corrected chi connectivity index (χ1v) is 7.24. The minimum absolute atomic E-state index is 0.199. The Kier molecular flexibility index (Phi) is 4.79. The van der Waals surface area contributed by atoms with Gasteiger partial charge in [0.1, 0.15) is 5.82 Å². The highest BCUT2D eigenvalue weighted by molar-refractivity contribution is 6.05. The summed E-state index contributed by atoms with van der Waals surface area (Å²) in [5.74, 6) is -0.982. The molecule has 0 fully saturated rings. The van der Waals surface area contributed by atoms with Crippen molar-refractivity contribution in [2.75, 3.05) is 5.32 Å². The van der Waals surface area contributed by atoms with Gasteiger partial charge in [0.25, 0.3) is 11.8 Å². The molecule has 2 N–H and O–H groups in total. The van der Waals surface area contributed by atoms with Crippen molar-refractivity contribution in [3.8, 4) is 0 Å². The molecule has 0 heterocycles. The van der Waals surface area contributed by atoms with E-state index in [0.717, 1.165) is 0 Å². The van der Waals surface area contributed by atoms with Gasteiger partial charge in [-0.3, -0.25) is 9.59 Å². The number of anilines is 1. The van der Waals surface area contributed by atoms with Crippen molar-refractivity contribution in [3.63, 3.8) is 0 Å². The van der Waals surface area contributed by atoms with Crippen molar-refractivity contribution in [1.29, 1.82) is 0 Å². The van der Waals surface area contributed by atoms with Crippen molar-refractivity contribution >= 4 is 17.5 Å². The summed E-state index contributed by atoms with van der Waals surface area (Å²) in [5.41, 5.74) is 0.915. The van der Waals surface area contributed by atoms with Crippen LogP contribution in [0.15, 0.2) is 48.5 Å². The maximum absolute atomic E-state index is 13.1. The number of carbonyl (C=O) groups excluding carboxylic acids is 2. The van der Waals surface area contributed by atoms with E-state index in [2.05, 4.69) is 10.6 Å². The zero-order chi connectivity index (χ0) is 17.0. The molecule has 4 nitrogen and oxygen atoms in total. The van der Waals surface area contributed by atoms with Crippen LogP contribution in [0, 0.1) is 5.82 Å². The van der Waals surface area contributed by atoms with Crippen molar-refractivity contribution in [2.24, 2.45) is 0 Å². The summed E-state index contributed by atoms with van der Waals surface area (Å²) in [6.07, 6.45) is 0. The lowest BCUT2D eigenvalue weighted by molar-refractivity contribution is 0.0918. The first-order valence-electron chi connectivity index (χ1n) is 7.24. The highest BCUT2D eigenvalue weighted by Gasteiger charge is 2.15. The van der Waals surface area contributed by atoms with Crippen molar-refractivity contribution in [2.45, 2.75) is 26.3 Å². The Morgan fingerprint density at radius 2 is 1.48 bits per heavy atom. The van der Waals surface area contributed by atoms with Gasteiger partial charge in [0.05, 0.1) is 0 Å². The first kappa shape index (κ1) is 16.7. The summed E-state index contributed by atoms with van der Waals surface area (Å²) in [7, 11) is 0. The monoisotopic (exact) mass is 314 g/mol. The molecule has 2 rings (SSSR count). The number of hydrogen-bond acceptors (Lipinski definition) is 2. The predicted octanol–water partition coefficient (Wildman–Crippen LogP) is 3.61. The van der Waals surface area contributed by atoms with Gasteiger partial charge in [0.15, 0.2) is 0 Å². The topological polar surface area (TPSA) is 58.2 Å². The molecule has 0 unspecified atom stereocenters. The number of rotatable bonds is 3. The second kappa shape index (κ2) is 6.60. The number of nitrogens with one attached hydrogen (secondary N) is 2. The van der Waals surface area contributed by atoms with E-state index in [4.69, 9.17) is 0 Å². The van der Waals surface area contributed by atoms with Gasteiger partial charge in [0, 0.05) is 22.4 Å². The second-order valence-electron chi connectivity index (χ2n) is 6.25. The maximum Gasteiger partial charge on any atom is 0.255 e. The van der Waals surface area contributed by atoms with E-state index in [1.165, 1.54) is 18.2 Å². The maximum atomic E-state index is 13.1. The molecule has 2 amide bonds. The van der Waals surface area contributed by atoms with Gasteiger partial charge < -0.3 is 10.6 Å². The quantitative estimate of drug-likeness (QED) is 0.909. The van der Waals surface area contributed by atoms with E-state index in [9.17, 15) is 14.0 Å². The van der Waals surface area contributed by atoms with Gasteiger partial charge in [-0.05, 0) is 63.2 Å². The van der Waals surface area contributed by atoms with E-state index >= 15 is 0 Å². The normalized spacial score (nSPS) is 11.0. The predicted molar refractivity (Wildman–Crippen MR) is 88.0 cm³/mol. The molecule has 0 aliphatic carbocycles. The van der Waals surface area contributed by atoms with Gasteiger partial charge in [-0.25, -0.2) is 4.39 Å². The first-order chi connectivity index (χ1) is 10.7. The molecular formula is C18H19FN2O2. The average molecular weight is 314 g/mol. The van der Waals surface area contributed by atoms with Crippen molar-refractivity contribution < 1.29 is 14.0 Å². The second-order valence-corrected chi connectivity index (χ2v) is 6.25. The van der Waals surface area contributed by atoms with Crippen LogP contribution in [0.2, 0.25) is 0 Å². The van der Waals surface area contributed by atoms with Gasteiger partial charge >= 0.3 is 0 Å². The number of carbonyl (C=O) groups is 2. The summed E-state index contributed by atoms with van der Waals surface area (Å²) in [5, 5.41) is 5.46. The average Bonchev–Trinajstić information content (AvgIpc) is 2.45. The molecule has 0 atom stereocenters. The molecule has 0 aliphatic rings. The standard InChI is InChI=1S/C18H19FN2O2/c1-18(2,3)21-17(23)13-9-7-12(8-10-13)16(22)20-15-6-4-5-14(19)11-15/h4-11H,1-3H3,(H,20,22)(H,21,23). The highest BCUT2D eigenvalue weighted by Crippen LogP contribution is 2.12. The smallest absolute Gasteiger partial charge is 0.255 e. The number of hydrogen-bond donors (Lipinski definition) is 2. The van der Waals surface area contributed by atoms with Gasteiger partial charge in [0.2, 0.25) is 0 Å². The van der Waals surface area contributed by atoms with Crippen LogP contribution in [0.25, 0.3) is 0 Å². The van der Waals surface area contributed by atoms with Crippen LogP contribution in [0.1, 0.15) is 41.5 Å². The largest absolute Gasteiger partial charge is 0.347 e.